The zero-order chi connectivity index (χ0) is 23.2. The third-order valence-corrected chi connectivity index (χ3v) is 8.55. The van der Waals surface area contributed by atoms with Crippen LogP contribution >= 0.6 is 0 Å². The quantitative estimate of drug-likeness (QED) is 0.434. The average molecular weight is 456 g/mol. The Kier molecular flexibility index (Phi) is 5.22. The Hall–Kier alpha value is -3.56. The standard InChI is InChI=1S/C27H25N3O2S/c1-18-11-13-20(14-12-18)33(31,32)30-26-10-6-4-7-21(26)19(2)27(30)17-25-23(15-16-28)22-8-3-5-9-24(22)29-25/h3-14,19,27,29H,15,17H2,1-2H3. The molecular weight excluding hydrogens is 430 g/mol. The van der Waals surface area contributed by atoms with Crippen molar-refractivity contribution >= 4 is 26.6 Å². The van der Waals surface area contributed by atoms with Gasteiger partial charge in [-0.2, -0.15) is 5.26 Å². The molecule has 2 heterocycles. The highest BCUT2D eigenvalue weighted by Gasteiger charge is 2.43. The van der Waals surface area contributed by atoms with Gasteiger partial charge in [-0.1, -0.05) is 61.0 Å². The van der Waals surface area contributed by atoms with E-state index in [0.29, 0.717) is 6.42 Å². The first-order valence-electron chi connectivity index (χ1n) is 11.1. The number of hydrogen-bond donors (Lipinski definition) is 1. The molecule has 0 bridgehead atoms. The van der Waals surface area contributed by atoms with Gasteiger partial charge < -0.3 is 4.98 Å². The lowest BCUT2D eigenvalue weighted by Gasteiger charge is -2.29. The van der Waals surface area contributed by atoms with Gasteiger partial charge in [0.05, 0.1) is 29.1 Å². The van der Waals surface area contributed by atoms with Gasteiger partial charge in [0.1, 0.15) is 0 Å². The average Bonchev–Trinajstić information content (AvgIpc) is 3.30. The van der Waals surface area contributed by atoms with Crippen LogP contribution in [0.25, 0.3) is 10.9 Å². The molecule has 5 nitrogen and oxygen atoms in total. The highest BCUT2D eigenvalue weighted by molar-refractivity contribution is 7.92. The number of nitrogens with one attached hydrogen (secondary N) is 1. The molecule has 0 saturated heterocycles. The SMILES string of the molecule is Cc1ccc(S(=O)(=O)N2c3ccccc3C(C)C2Cc2[nH]c3ccccc3c2CC#N)cc1. The first-order chi connectivity index (χ1) is 15.9. The molecule has 6 heteroatoms. The Morgan fingerprint density at radius 3 is 2.45 bits per heavy atom. The first kappa shape index (κ1) is 21.3. The molecule has 0 aliphatic carbocycles. The summed E-state index contributed by atoms with van der Waals surface area (Å²) in [7, 11) is -3.77. The van der Waals surface area contributed by atoms with E-state index in [1.807, 2.05) is 67.6 Å². The van der Waals surface area contributed by atoms with Gasteiger partial charge in [0.15, 0.2) is 0 Å². The van der Waals surface area contributed by atoms with E-state index in [9.17, 15) is 13.7 Å². The lowest BCUT2D eigenvalue weighted by atomic mass is 9.93. The number of nitriles is 1. The van der Waals surface area contributed by atoms with Crippen LogP contribution in [0.5, 0.6) is 0 Å². The third kappa shape index (κ3) is 3.49. The molecule has 0 spiro atoms. The summed E-state index contributed by atoms with van der Waals surface area (Å²) in [5.74, 6) is 0.00257. The molecule has 5 rings (SSSR count). The normalized spacial score (nSPS) is 17.8. The summed E-state index contributed by atoms with van der Waals surface area (Å²) >= 11 is 0. The van der Waals surface area contributed by atoms with Gasteiger partial charge in [-0.15, -0.1) is 0 Å². The molecular formula is C27H25N3O2S. The van der Waals surface area contributed by atoms with E-state index in [1.165, 1.54) is 0 Å². The van der Waals surface area contributed by atoms with Crippen LogP contribution in [0.15, 0.2) is 77.7 Å². The van der Waals surface area contributed by atoms with Crippen LogP contribution in [-0.4, -0.2) is 19.4 Å². The van der Waals surface area contributed by atoms with E-state index in [-0.39, 0.29) is 23.3 Å². The molecule has 2 unspecified atom stereocenters. The summed E-state index contributed by atoms with van der Waals surface area (Å²) in [4.78, 5) is 3.76. The number of nitrogens with zero attached hydrogens (tertiary/aromatic N) is 2. The molecule has 1 aliphatic rings. The summed E-state index contributed by atoms with van der Waals surface area (Å²) in [6.07, 6.45) is 0.769. The summed E-state index contributed by atoms with van der Waals surface area (Å²) < 4.78 is 29.4. The monoisotopic (exact) mass is 455 g/mol. The molecule has 0 amide bonds. The largest absolute Gasteiger partial charge is 0.358 e. The minimum atomic E-state index is -3.77. The topological polar surface area (TPSA) is 77.0 Å². The maximum absolute atomic E-state index is 13.9. The van der Waals surface area contributed by atoms with Crippen molar-refractivity contribution in [3.63, 3.8) is 0 Å². The fourth-order valence-corrected chi connectivity index (χ4v) is 6.72. The van der Waals surface area contributed by atoms with Crippen molar-refractivity contribution in [1.29, 1.82) is 5.26 Å². The van der Waals surface area contributed by atoms with Gasteiger partial charge in [0, 0.05) is 28.9 Å². The summed E-state index contributed by atoms with van der Waals surface area (Å²) in [5, 5.41) is 10.5. The number of aromatic nitrogens is 1. The van der Waals surface area contributed by atoms with Crippen LogP contribution in [0.4, 0.5) is 5.69 Å². The Labute approximate surface area is 194 Å². The number of fused-ring (bicyclic) bond motifs is 2. The highest BCUT2D eigenvalue weighted by atomic mass is 32.2. The Morgan fingerprint density at radius 2 is 1.70 bits per heavy atom. The van der Waals surface area contributed by atoms with Crippen LogP contribution in [0.2, 0.25) is 0 Å². The molecule has 3 aromatic carbocycles. The number of H-pyrrole nitrogens is 1. The zero-order valence-electron chi connectivity index (χ0n) is 18.6. The number of benzene rings is 3. The Balaban J connectivity index is 1.64. The van der Waals surface area contributed by atoms with Gasteiger partial charge in [-0.25, -0.2) is 8.42 Å². The van der Waals surface area contributed by atoms with Crippen molar-refractivity contribution in [3.8, 4) is 6.07 Å². The van der Waals surface area contributed by atoms with Crippen LogP contribution in [-0.2, 0) is 22.9 Å². The van der Waals surface area contributed by atoms with E-state index in [4.69, 9.17) is 0 Å². The number of aromatic amines is 1. The second-order valence-corrected chi connectivity index (χ2v) is 10.5. The van der Waals surface area contributed by atoms with Crippen LogP contribution in [0, 0.1) is 18.3 Å². The van der Waals surface area contributed by atoms with E-state index in [0.717, 1.165) is 39.0 Å². The second-order valence-electron chi connectivity index (χ2n) is 8.70. The number of sulfonamides is 1. The van der Waals surface area contributed by atoms with Crippen LogP contribution < -0.4 is 4.31 Å². The number of hydrogen-bond acceptors (Lipinski definition) is 3. The van der Waals surface area contributed by atoms with E-state index in [1.54, 1.807) is 16.4 Å². The first-order valence-corrected chi connectivity index (χ1v) is 12.5. The smallest absolute Gasteiger partial charge is 0.264 e. The predicted octanol–water partition coefficient (Wildman–Crippen LogP) is 5.47. The molecule has 1 aromatic heterocycles. The van der Waals surface area contributed by atoms with Crippen molar-refractivity contribution in [3.05, 3.63) is 95.2 Å². The second kappa shape index (κ2) is 8.09. The number of para-hydroxylation sites is 2. The van der Waals surface area contributed by atoms with Crippen LogP contribution in [0.1, 0.15) is 35.2 Å². The minimum absolute atomic E-state index is 0.00257. The lowest BCUT2D eigenvalue weighted by molar-refractivity contribution is 0.553. The molecule has 2 atom stereocenters. The van der Waals surface area contributed by atoms with Crippen molar-refractivity contribution in [2.45, 2.75) is 43.5 Å². The van der Waals surface area contributed by atoms with Crippen molar-refractivity contribution in [1.82, 2.24) is 4.98 Å². The Morgan fingerprint density at radius 1 is 1.00 bits per heavy atom. The fraction of sp³-hybridized carbons (Fsp3) is 0.222. The molecule has 1 N–H and O–H groups in total. The van der Waals surface area contributed by atoms with Crippen molar-refractivity contribution < 1.29 is 8.42 Å². The molecule has 0 saturated carbocycles. The summed E-state index contributed by atoms with van der Waals surface area (Å²) in [5.41, 5.74) is 5.61. The maximum Gasteiger partial charge on any atom is 0.264 e. The van der Waals surface area contributed by atoms with E-state index >= 15 is 0 Å². The number of aryl methyl sites for hydroxylation is 1. The van der Waals surface area contributed by atoms with Gasteiger partial charge >= 0.3 is 0 Å². The zero-order valence-corrected chi connectivity index (χ0v) is 19.4. The predicted molar refractivity (Wildman–Crippen MR) is 131 cm³/mol. The number of anilines is 1. The maximum atomic E-state index is 13.9. The lowest BCUT2D eigenvalue weighted by Crippen LogP contribution is -2.40. The highest BCUT2D eigenvalue weighted by Crippen LogP contribution is 2.45. The molecule has 0 fully saturated rings. The molecule has 4 aromatic rings. The minimum Gasteiger partial charge on any atom is -0.358 e. The van der Waals surface area contributed by atoms with Crippen molar-refractivity contribution in [2.24, 2.45) is 0 Å². The molecule has 1 aliphatic heterocycles. The van der Waals surface area contributed by atoms with Crippen LogP contribution in [0.3, 0.4) is 0 Å². The molecule has 33 heavy (non-hydrogen) atoms. The third-order valence-electron chi connectivity index (χ3n) is 6.69. The molecule has 0 radical (unpaired) electrons. The van der Waals surface area contributed by atoms with Gasteiger partial charge in [0.25, 0.3) is 10.0 Å². The van der Waals surface area contributed by atoms with Gasteiger partial charge in [-0.3, -0.25) is 4.31 Å². The van der Waals surface area contributed by atoms with Gasteiger partial charge in [0.2, 0.25) is 0 Å². The Bertz CT molecular complexity index is 1480. The van der Waals surface area contributed by atoms with Gasteiger partial charge in [-0.05, 0) is 42.3 Å². The number of rotatable bonds is 5. The van der Waals surface area contributed by atoms with Crippen molar-refractivity contribution in [2.75, 3.05) is 4.31 Å². The summed E-state index contributed by atoms with van der Waals surface area (Å²) in [6.45, 7) is 4.03. The summed E-state index contributed by atoms with van der Waals surface area (Å²) in [6, 6.07) is 24.7. The van der Waals surface area contributed by atoms with E-state index < -0.39 is 10.0 Å². The van der Waals surface area contributed by atoms with E-state index in [2.05, 4.69) is 18.0 Å². The fourth-order valence-electron chi connectivity index (χ4n) is 4.97. The molecule has 166 valence electrons.